The summed E-state index contributed by atoms with van der Waals surface area (Å²) >= 11 is 5.98. The molecule has 0 spiro atoms. The maximum absolute atomic E-state index is 11.9. The van der Waals surface area contributed by atoms with Gasteiger partial charge in [-0.15, -0.1) is 0 Å². The van der Waals surface area contributed by atoms with Gasteiger partial charge in [0, 0.05) is 18.0 Å². The van der Waals surface area contributed by atoms with Gasteiger partial charge in [-0.1, -0.05) is 11.6 Å². The Hall–Kier alpha value is -2.28. The number of nitrogens with zero attached hydrogens (tertiary/aromatic N) is 2. The molecular formula is C12H11ClN2O5. The van der Waals surface area contributed by atoms with Crippen LogP contribution in [0.15, 0.2) is 10.9 Å². The number of carbonyl (C=O) groups is 1. The number of aromatic hydroxyl groups is 2. The van der Waals surface area contributed by atoms with Crippen LogP contribution in [0.2, 0.25) is 5.02 Å². The number of phenolic OH excluding ortho intramolecular Hbond substituents is 2. The van der Waals surface area contributed by atoms with Crippen LogP contribution in [0.1, 0.15) is 12.1 Å². The highest BCUT2D eigenvalue weighted by atomic mass is 35.5. The first-order chi connectivity index (χ1) is 9.32. The second-order valence-corrected chi connectivity index (χ2v) is 4.63. The van der Waals surface area contributed by atoms with Gasteiger partial charge in [-0.25, -0.2) is 4.79 Å². The number of hydrogen-bond donors (Lipinski definition) is 3. The minimum Gasteiger partial charge on any atom is -0.504 e. The van der Waals surface area contributed by atoms with Gasteiger partial charge in [0.2, 0.25) is 0 Å². The van der Waals surface area contributed by atoms with E-state index in [0.29, 0.717) is 5.39 Å². The number of halogens is 1. The van der Waals surface area contributed by atoms with Gasteiger partial charge in [-0.2, -0.15) is 4.98 Å². The minimum atomic E-state index is -1.10. The van der Waals surface area contributed by atoms with Crippen molar-refractivity contribution in [2.24, 2.45) is 0 Å². The molecule has 0 aliphatic heterocycles. The van der Waals surface area contributed by atoms with Crippen molar-refractivity contribution in [3.8, 4) is 11.5 Å². The molecule has 0 atom stereocenters. The molecule has 2 rings (SSSR count). The zero-order valence-electron chi connectivity index (χ0n) is 10.4. The number of carboxylic acid groups (broad SMARTS) is 1. The predicted molar refractivity (Wildman–Crippen MR) is 71.3 cm³/mol. The Balaban J connectivity index is 2.86. The highest BCUT2D eigenvalue weighted by Crippen LogP contribution is 2.38. The maximum Gasteiger partial charge on any atom is 0.348 e. The smallest absolute Gasteiger partial charge is 0.348 e. The van der Waals surface area contributed by atoms with Crippen LogP contribution < -0.4 is 5.69 Å². The van der Waals surface area contributed by atoms with Crippen LogP contribution in [-0.4, -0.2) is 30.8 Å². The van der Waals surface area contributed by atoms with Crippen LogP contribution in [-0.2, 0) is 11.3 Å². The Labute approximate surface area is 117 Å². The van der Waals surface area contributed by atoms with Gasteiger partial charge in [-0.05, 0) is 6.92 Å². The van der Waals surface area contributed by atoms with E-state index in [9.17, 15) is 19.8 Å². The lowest BCUT2D eigenvalue weighted by Crippen LogP contribution is -2.25. The molecular weight excluding hydrogens is 288 g/mol. The molecule has 8 heteroatoms. The van der Waals surface area contributed by atoms with Crippen LogP contribution in [0.25, 0.3) is 10.9 Å². The van der Waals surface area contributed by atoms with Crippen molar-refractivity contribution >= 4 is 28.5 Å². The standard InChI is InChI=1S/C12H11ClN2O5/c1-5-9-6(13)4-7(16)11(19)10(9)15(12(20)14-5)3-2-8(17)18/h4,16,19H,2-3H2,1H3,(H,17,18). The molecule has 106 valence electrons. The number of rotatable bonds is 3. The summed E-state index contributed by atoms with van der Waals surface area (Å²) in [4.78, 5) is 26.2. The Kier molecular flexibility index (Phi) is 3.54. The molecule has 1 heterocycles. The van der Waals surface area contributed by atoms with Crippen LogP contribution in [0.3, 0.4) is 0 Å². The summed E-state index contributed by atoms with van der Waals surface area (Å²) in [5.41, 5.74) is -0.446. The average molecular weight is 299 g/mol. The molecule has 0 unspecified atom stereocenters. The summed E-state index contributed by atoms with van der Waals surface area (Å²) in [6.07, 6.45) is -0.327. The van der Waals surface area contributed by atoms with E-state index in [-0.39, 0.29) is 29.2 Å². The predicted octanol–water partition coefficient (Wildman–Crippen LogP) is 1.24. The zero-order chi connectivity index (χ0) is 15.0. The molecule has 3 N–H and O–H groups in total. The number of phenols is 2. The van der Waals surface area contributed by atoms with E-state index in [4.69, 9.17) is 16.7 Å². The summed E-state index contributed by atoms with van der Waals surface area (Å²) in [6, 6.07) is 1.14. The molecule has 20 heavy (non-hydrogen) atoms. The molecule has 0 aliphatic rings. The fourth-order valence-electron chi connectivity index (χ4n) is 1.99. The van der Waals surface area contributed by atoms with Gasteiger partial charge in [0.15, 0.2) is 11.5 Å². The van der Waals surface area contributed by atoms with E-state index in [0.717, 1.165) is 10.6 Å². The third kappa shape index (κ3) is 2.27. The van der Waals surface area contributed by atoms with Gasteiger partial charge in [0.25, 0.3) is 0 Å². The Morgan fingerprint density at radius 3 is 2.70 bits per heavy atom. The molecule has 0 aliphatic carbocycles. The zero-order valence-corrected chi connectivity index (χ0v) is 11.2. The van der Waals surface area contributed by atoms with Crippen molar-refractivity contribution in [1.29, 1.82) is 0 Å². The van der Waals surface area contributed by atoms with Crippen molar-refractivity contribution in [1.82, 2.24) is 9.55 Å². The molecule has 1 aromatic carbocycles. The number of fused-ring (bicyclic) bond motifs is 1. The van der Waals surface area contributed by atoms with E-state index < -0.39 is 23.2 Å². The number of aromatic nitrogens is 2. The van der Waals surface area contributed by atoms with Crippen molar-refractivity contribution in [2.45, 2.75) is 19.9 Å². The normalized spacial score (nSPS) is 10.9. The van der Waals surface area contributed by atoms with E-state index in [1.165, 1.54) is 6.92 Å². The van der Waals surface area contributed by atoms with Crippen molar-refractivity contribution in [3.05, 3.63) is 27.3 Å². The number of aliphatic carboxylic acids is 1. The van der Waals surface area contributed by atoms with Crippen molar-refractivity contribution < 1.29 is 20.1 Å². The topological polar surface area (TPSA) is 113 Å². The fourth-order valence-corrected chi connectivity index (χ4v) is 2.32. The molecule has 1 aromatic heterocycles. The van der Waals surface area contributed by atoms with Crippen LogP contribution >= 0.6 is 11.6 Å². The summed E-state index contributed by atoms with van der Waals surface area (Å²) in [7, 11) is 0. The third-order valence-electron chi connectivity index (χ3n) is 2.88. The average Bonchev–Trinajstić information content (AvgIpc) is 2.33. The second kappa shape index (κ2) is 5.01. The highest BCUT2D eigenvalue weighted by Gasteiger charge is 2.18. The van der Waals surface area contributed by atoms with Gasteiger partial charge in [0.1, 0.15) is 5.52 Å². The largest absolute Gasteiger partial charge is 0.504 e. The number of carboxylic acids is 1. The van der Waals surface area contributed by atoms with E-state index in [1.807, 2.05) is 0 Å². The molecule has 0 fully saturated rings. The first-order valence-electron chi connectivity index (χ1n) is 5.66. The lowest BCUT2D eigenvalue weighted by atomic mass is 10.1. The van der Waals surface area contributed by atoms with E-state index in [2.05, 4.69) is 4.98 Å². The molecule has 0 saturated heterocycles. The summed E-state index contributed by atoms with van der Waals surface area (Å²) in [5.74, 6) is -2.12. The van der Waals surface area contributed by atoms with Crippen LogP contribution in [0.5, 0.6) is 11.5 Å². The third-order valence-corrected chi connectivity index (χ3v) is 3.18. The van der Waals surface area contributed by atoms with Gasteiger partial charge < -0.3 is 15.3 Å². The van der Waals surface area contributed by atoms with Gasteiger partial charge in [-0.3, -0.25) is 9.36 Å². The second-order valence-electron chi connectivity index (χ2n) is 4.22. The Morgan fingerprint density at radius 2 is 2.10 bits per heavy atom. The van der Waals surface area contributed by atoms with Crippen LogP contribution in [0, 0.1) is 6.92 Å². The van der Waals surface area contributed by atoms with Gasteiger partial charge >= 0.3 is 11.7 Å². The molecule has 0 amide bonds. The van der Waals surface area contributed by atoms with Crippen LogP contribution in [0.4, 0.5) is 0 Å². The van der Waals surface area contributed by atoms with E-state index >= 15 is 0 Å². The van der Waals surface area contributed by atoms with Crippen molar-refractivity contribution in [3.63, 3.8) is 0 Å². The van der Waals surface area contributed by atoms with Gasteiger partial charge in [0.05, 0.1) is 17.1 Å². The lowest BCUT2D eigenvalue weighted by molar-refractivity contribution is -0.137. The highest BCUT2D eigenvalue weighted by molar-refractivity contribution is 6.36. The first kappa shape index (κ1) is 14.1. The monoisotopic (exact) mass is 298 g/mol. The fraction of sp³-hybridized carbons (Fsp3) is 0.250. The van der Waals surface area contributed by atoms with Crippen molar-refractivity contribution in [2.75, 3.05) is 0 Å². The molecule has 7 nitrogen and oxygen atoms in total. The molecule has 0 radical (unpaired) electrons. The summed E-state index contributed by atoms with van der Waals surface area (Å²) in [5, 5.41) is 28.6. The summed E-state index contributed by atoms with van der Waals surface area (Å²) in [6.45, 7) is 1.35. The number of aryl methyl sites for hydroxylation is 2. The van der Waals surface area contributed by atoms with E-state index in [1.54, 1.807) is 0 Å². The quantitative estimate of drug-likeness (QED) is 0.735. The molecule has 2 aromatic rings. The minimum absolute atomic E-state index is 0.0197. The number of benzene rings is 1. The Morgan fingerprint density at radius 1 is 1.45 bits per heavy atom. The first-order valence-corrected chi connectivity index (χ1v) is 6.04. The maximum atomic E-state index is 11.9. The SMILES string of the molecule is Cc1nc(=O)n(CCC(=O)O)c2c(O)c(O)cc(Cl)c12. The molecule has 0 saturated carbocycles. The Bertz CT molecular complexity index is 769. The summed E-state index contributed by atoms with van der Waals surface area (Å²) < 4.78 is 0.984. The number of hydrogen-bond acceptors (Lipinski definition) is 5. The lowest BCUT2D eigenvalue weighted by Gasteiger charge is -2.13. The molecule has 0 bridgehead atoms.